The van der Waals surface area contributed by atoms with E-state index < -0.39 is 0 Å². The van der Waals surface area contributed by atoms with Gasteiger partial charge in [0.05, 0.1) is 30.4 Å². The number of carbonyl (C=O) groups excluding carboxylic acids is 1. The molecule has 0 spiro atoms. The second-order valence-electron chi connectivity index (χ2n) is 7.78. The Balaban J connectivity index is 1.45. The van der Waals surface area contributed by atoms with E-state index in [-0.39, 0.29) is 5.91 Å². The van der Waals surface area contributed by atoms with Gasteiger partial charge in [-0.05, 0) is 58.2 Å². The number of piperidine rings is 1. The van der Waals surface area contributed by atoms with Crippen molar-refractivity contribution in [2.45, 2.75) is 59.1 Å². The fourth-order valence-corrected chi connectivity index (χ4v) is 3.83. The highest BCUT2D eigenvalue weighted by molar-refractivity contribution is 5.94. The predicted octanol–water partition coefficient (Wildman–Crippen LogP) is 2.45. The van der Waals surface area contributed by atoms with E-state index in [2.05, 4.69) is 17.4 Å². The number of rotatable bonds is 8. The van der Waals surface area contributed by atoms with Gasteiger partial charge in [-0.2, -0.15) is 0 Å². The van der Waals surface area contributed by atoms with Gasteiger partial charge in [0.15, 0.2) is 0 Å². The number of benzene rings is 1. The van der Waals surface area contributed by atoms with Gasteiger partial charge in [-0.1, -0.05) is 11.2 Å². The normalized spacial score (nSPS) is 19.4. The SMILES string of the molecule is Cc1noc(C)c1COc1cccc(C(=O)NCCC[NH+]2CCCC[C@H]2C)c1. The Morgan fingerprint density at radius 2 is 2.21 bits per heavy atom. The van der Waals surface area contributed by atoms with Crippen molar-refractivity contribution in [2.75, 3.05) is 19.6 Å². The van der Waals surface area contributed by atoms with Gasteiger partial charge < -0.3 is 19.5 Å². The van der Waals surface area contributed by atoms with E-state index in [0.29, 0.717) is 24.5 Å². The number of nitrogens with one attached hydrogen (secondary N) is 2. The lowest BCUT2D eigenvalue weighted by Crippen LogP contribution is -3.16. The summed E-state index contributed by atoms with van der Waals surface area (Å²) in [5.41, 5.74) is 2.40. The fraction of sp³-hybridized carbons (Fsp3) is 0.545. The Morgan fingerprint density at radius 1 is 1.36 bits per heavy atom. The number of hydrogen-bond acceptors (Lipinski definition) is 4. The summed E-state index contributed by atoms with van der Waals surface area (Å²) in [7, 11) is 0. The molecule has 1 unspecified atom stereocenters. The highest BCUT2D eigenvalue weighted by atomic mass is 16.5. The zero-order valence-electron chi connectivity index (χ0n) is 17.2. The number of likely N-dealkylation sites (tertiary alicyclic amines) is 1. The maximum absolute atomic E-state index is 12.5. The standard InChI is InChI=1S/C22H31N3O3/c1-16-8-4-5-12-25(16)13-7-11-23-22(26)19-9-6-10-20(14-19)27-15-21-17(2)24-28-18(21)3/h6,9-10,14,16H,4-5,7-8,11-13,15H2,1-3H3,(H,23,26)/p+1/t16-/m1/s1. The molecule has 0 aliphatic carbocycles. The number of aryl methyl sites for hydroxylation is 2. The largest absolute Gasteiger partial charge is 0.489 e. The van der Waals surface area contributed by atoms with Crippen LogP contribution in [-0.2, 0) is 6.61 Å². The lowest BCUT2D eigenvalue weighted by Gasteiger charge is -2.30. The number of amides is 1. The Morgan fingerprint density at radius 3 is 2.96 bits per heavy atom. The van der Waals surface area contributed by atoms with Crippen molar-refractivity contribution >= 4 is 5.91 Å². The number of quaternary nitrogens is 1. The lowest BCUT2D eigenvalue weighted by molar-refractivity contribution is -0.928. The van der Waals surface area contributed by atoms with E-state index in [1.807, 2.05) is 32.0 Å². The maximum atomic E-state index is 12.5. The van der Waals surface area contributed by atoms with E-state index in [1.54, 1.807) is 11.0 Å². The summed E-state index contributed by atoms with van der Waals surface area (Å²) in [5.74, 6) is 1.38. The number of ether oxygens (including phenoxy) is 1. The third kappa shape index (κ3) is 5.35. The summed E-state index contributed by atoms with van der Waals surface area (Å²) < 4.78 is 11.0. The molecule has 6 heteroatoms. The van der Waals surface area contributed by atoms with Crippen molar-refractivity contribution in [3.05, 3.63) is 46.8 Å². The molecule has 1 aromatic heterocycles. The van der Waals surface area contributed by atoms with Gasteiger partial charge in [0.1, 0.15) is 18.1 Å². The molecule has 28 heavy (non-hydrogen) atoms. The van der Waals surface area contributed by atoms with Crippen LogP contribution in [0.1, 0.15) is 60.0 Å². The average molecular weight is 387 g/mol. The summed E-state index contributed by atoms with van der Waals surface area (Å²) in [6, 6.07) is 8.05. The van der Waals surface area contributed by atoms with Gasteiger partial charge in [0.2, 0.25) is 0 Å². The minimum Gasteiger partial charge on any atom is -0.489 e. The first kappa shape index (κ1) is 20.4. The van der Waals surface area contributed by atoms with Crippen molar-refractivity contribution in [2.24, 2.45) is 0 Å². The summed E-state index contributed by atoms with van der Waals surface area (Å²) in [5, 5.41) is 6.97. The molecule has 1 saturated heterocycles. The average Bonchev–Trinajstić information content (AvgIpc) is 3.02. The Kier molecular flexibility index (Phi) is 7.09. The molecule has 1 amide bonds. The zero-order valence-corrected chi connectivity index (χ0v) is 17.2. The number of carbonyl (C=O) groups is 1. The quantitative estimate of drug-likeness (QED) is 0.684. The van der Waals surface area contributed by atoms with Crippen LogP contribution in [-0.4, -0.2) is 36.7 Å². The first-order valence-electron chi connectivity index (χ1n) is 10.3. The molecule has 1 aromatic carbocycles. The van der Waals surface area contributed by atoms with Gasteiger partial charge in [0, 0.05) is 18.5 Å². The van der Waals surface area contributed by atoms with Crippen LogP contribution in [0.2, 0.25) is 0 Å². The summed E-state index contributed by atoms with van der Waals surface area (Å²) in [4.78, 5) is 14.1. The van der Waals surface area contributed by atoms with Crippen LogP contribution in [0.25, 0.3) is 0 Å². The molecule has 3 rings (SSSR count). The predicted molar refractivity (Wildman–Crippen MR) is 108 cm³/mol. The van der Waals surface area contributed by atoms with E-state index in [1.165, 1.54) is 25.8 Å². The zero-order chi connectivity index (χ0) is 19.9. The molecule has 1 aliphatic heterocycles. The first-order chi connectivity index (χ1) is 13.5. The molecule has 0 radical (unpaired) electrons. The molecule has 152 valence electrons. The molecule has 2 aromatic rings. The van der Waals surface area contributed by atoms with Crippen molar-refractivity contribution in [1.82, 2.24) is 10.5 Å². The van der Waals surface area contributed by atoms with E-state index >= 15 is 0 Å². The Labute approximate surface area is 167 Å². The lowest BCUT2D eigenvalue weighted by atomic mass is 10.0. The smallest absolute Gasteiger partial charge is 0.251 e. The molecule has 1 fully saturated rings. The molecule has 0 saturated carbocycles. The van der Waals surface area contributed by atoms with E-state index in [4.69, 9.17) is 9.26 Å². The van der Waals surface area contributed by atoms with Crippen molar-refractivity contribution in [3.8, 4) is 5.75 Å². The van der Waals surface area contributed by atoms with Crippen LogP contribution < -0.4 is 15.0 Å². The van der Waals surface area contributed by atoms with Crippen LogP contribution in [0.4, 0.5) is 0 Å². The fourth-order valence-electron chi connectivity index (χ4n) is 3.83. The van der Waals surface area contributed by atoms with Gasteiger partial charge in [-0.25, -0.2) is 0 Å². The monoisotopic (exact) mass is 386 g/mol. The summed E-state index contributed by atoms with van der Waals surface area (Å²) in [6.07, 6.45) is 5.01. The third-order valence-corrected chi connectivity index (χ3v) is 5.70. The van der Waals surface area contributed by atoms with Crippen LogP contribution in [0, 0.1) is 13.8 Å². The second-order valence-corrected chi connectivity index (χ2v) is 7.78. The van der Waals surface area contributed by atoms with Gasteiger partial charge in [-0.15, -0.1) is 0 Å². The van der Waals surface area contributed by atoms with Gasteiger partial charge >= 0.3 is 0 Å². The molecule has 6 nitrogen and oxygen atoms in total. The van der Waals surface area contributed by atoms with Gasteiger partial charge in [-0.3, -0.25) is 4.79 Å². The number of nitrogens with zero attached hydrogens (tertiary/aromatic N) is 1. The number of aromatic nitrogens is 1. The third-order valence-electron chi connectivity index (χ3n) is 5.70. The molecule has 2 atom stereocenters. The topological polar surface area (TPSA) is 68.8 Å². The van der Waals surface area contributed by atoms with Gasteiger partial charge in [0.25, 0.3) is 5.91 Å². The summed E-state index contributed by atoms with van der Waals surface area (Å²) >= 11 is 0. The minimum absolute atomic E-state index is 0.0514. The number of hydrogen-bond donors (Lipinski definition) is 2. The van der Waals surface area contributed by atoms with Crippen LogP contribution >= 0.6 is 0 Å². The highest BCUT2D eigenvalue weighted by Crippen LogP contribution is 2.18. The highest BCUT2D eigenvalue weighted by Gasteiger charge is 2.21. The van der Waals surface area contributed by atoms with Crippen molar-refractivity contribution in [1.29, 1.82) is 0 Å². The molecular weight excluding hydrogens is 354 g/mol. The summed E-state index contributed by atoms with van der Waals surface area (Å²) in [6.45, 7) is 9.57. The van der Waals surface area contributed by atoms with Crippen molar-refractivity contribution < 1.29 is 19.0 Å². The molecule has 1 aliphatic rings. The maximum Gasteiger partial charge on any atom is 0.251 e. The minimum atomic E-state index is -0.0514. The van der Waals surface area contributed by atoms with E-state index in [9.17, 15) is 4.79 Å². The molecule has 2 heterocycles. The van der Waals surface area contributed by atoms with E-state index in [0.717, 1.165) is 36.0 Å². The molecule has 2 N–H and O–H groups in total. The molecule has 0 bridgehead atoms. The Bertz CT molecular complexity index is 768. The molecular formula is C22H32N3O3+. The second kappa shape index (κ2) is 9.73. The van der Waals surface area contributed by atoms with Crippen LogP contribution in [0.15, 0.2) is 28.8 Å². The Hall–Kier alpha value is -2.34. The van der Waals surface area contributed by atoms with Crippen LogP contribution in [0.3, 0.4) is 0 Å². The van der Waals surface area contributed by atoms with Crippen LogP contribution in [0.5, 0.6) is 5.75 Å². The first-order valence-corrected chi connectivity index (χ1v) is 10.3. The van der Waals surface area contributed by atoms with Crippen molar-refractivity contribution in [3.63, 3.8) is 0 Å².